The Morgan fingerprint density at radius 1 is 0.471 bits per heavy atom. The van der Waals surface area contributed by atoms with Gasteiger partial charge < -0.3 is 91.7 Å². The number of ether oxygens (including phenoxy) is 3. The Kier molecular flexibility index (Phi) is 17.2. The molecule has 3 fully saturated rings. The van der Waals surface area contributed by atoms with Gasteiger partial charge in [0, 0.05) is 0 Å². The number of nitrogens with zero attached hydrogens (tertiary/aromatic N) is 16. The largest absolute Gasteiger partial charge is 0.472 e. The number of nitrogens with two attached hydrogens (primary N) is 4. The summed E-state index contributed by atoms with van der Waals surface area (Å²) in [7, 11) is -22.0. The van der Waals surface area contributed by atoms with Gasteiger partial charge in [0.05, 0.1) is 58.3 Å². The van der Waals surface area contributed by atoms with E-state index in [1.165, 1.54) is 15.5 Å². The highest BCUT2D eigenvalue weighted by atomic mass is 31.2. The van der Waals surface area contributed by atoms with Crippen LogP contribution in [0.5, 0.6) is 0 Å². The predicted octanol–water partition coefficient (Wildman–Crippen LogP) is -4.21. The monoisotopic (exact) mass is 1310 g/mol. The number of aliphatic hydroxyl groups is 5. The van der Waals surface area contributed by atoms with Gasteiger partial charge in [-0.1, -0.05) is 0 Å². The van der Waals surface area contributed by atoms with Gasteiger partial charge in [0.25, 0.3) is 0 Å². The molecule has 0 aromatic carbocycles. The molecule has 3 aliphatic heterocycles. The Bertz CT molecular complexity index is 4030. The van der Waals surface area contributed by atoms with Crippen LogP contribution in [0.3, 0.4) is 0 Å². The minimum atomic E-state index is -5.73. The molecule has 470 valence electrons. The standard InChI is InChI=1S/C39H50N20O24P4/c40-29-19-33(48-6-44-29)56(10-52-19)1-14(60)15(81-85(68,69)76-4-16-23(61)26(64)37(78-16)57-11-53-20-30(41)45-7-49-34(20)57)2-75-86(70,71)82-28-25(63)18(80-39(28)59-13-55-22-32(43)47-9-51-36(22)59)5-77-87(72,73)83-27-24(62)17(3-74-84(65,66)67)79-38(27)58-12-54-21-31(42)46-8-50-35(21)58/h6-18,23-28,37-39,60-64H,1-5H2,(H,68,69)(H,70,71)(H,72,73)(H2,40,44,48)(H2,41,45,49)(H2,42,46,50)(H2,43,47,51)(H2,65,66,67)/t14-,15+,16+,17+,18+,23+,24+,25+,26+,27+,28+,37+,38+,39+/m0/s1. The van der Waals surface area contributed by atoms with E-state index in [9.17, 15) is 68.3 Å². The Balaban J connectivity index is 0.811. The summed E-state index contributed by atoms with van der Waals surface area (Å²) in [5.41, 5.74) is 23.8. The van der Waals surface area contributed by atoms with Crippen molar-refractivity contribution < 1.29 is 114 Å². The number of nitrogen functional groups attached to an aromatic ring is 4. The van der Waals surface area contributed by atoms with Crippen molar-refractivity contribution in [2.45, 2.75) is 92.4 Å². The molecule has 87 heavy (non-hydrogen) atoms. The first-order valence-corrected chi connectivity index (χ1v) is 30.9. The van der Waals surface area contributed by atoms with E-state index in [-0.39, 0.29) is 67.9 Å². The second-order valence-corrected chi connectivity index (χ2v) is 24.6. The Morgan fingerprint density at radius 3 is 1.32 bits per heavy atom. The molecule has 17 atom stereocenters. The molecule has 0 bridgehead atoms. The number of aliphatic hydroxyl groups excluding tert-OH is 5. The molecule has 0 aliphatic carbocycles. The SMILES string of the molecule is Nc1ncnc2c1ncn2C[C@H](O)[C@@H](COP(=O)(O)O[C@@H]1[C@H](O)[C@@H](COP(=O)(O)O[C@@H]2[C@H](O)[C@@H](COP(=O)(O)O)O[C@H]2n2cnc3c(N)ncnc32)O[C@H]1n1cnc2c(N)ncnc21)OP(=O)(O)OC[C@H]1O[C@@H](n2cnc3c(N)ncnc32)[C@H](O)[C@@H]1O. The molecule has 0 amide bonds. The van der Waals surface area contributed by atoms with Gasteiger partial charge >= 0.3 is 31.3 Å². The molecular weight excluding hydrogens is 1260 g/mol. The van der Waals surface area contributed by atoms with E-state index < -0.39 is 150 Å². The van der Waals surface area contributed by atoms with Gasteiger partial charge in [0.2, 0.25) is 0 Å². The van der Waals surface area contributed by atoms with E-state index in [0.29, 0.717) is 0 Å². The van der Waals surface area contributed by atoms with Crippen LogP contribution in [0.25, 0.3) is 44.7 Å². The molecule has 48 heteroatoms. The summed E-state index contributed by atoms with van der Waals surface area (Å²) >= 11 is 0. The van der Waals surface area contributed by atoms with Crippen molar-refractivity contribution in [3.63, 3.8) is 0 Å². The van der Waals surface area contributed by atoms with Gasteiger partial charge in [0.15, 0.2) is 64.5 Å². The number of imidazole rings is 4. The number of aromatic nitrogens is 16. The molecule has 3 unspecified atom stereocenters. The minimum absolute atomic E-state index is 0.00722. The van der Waals surface area contributed by atoms with Crippen molar-refractivity contribution in [1.29, 1.82) is 0 Å². The zero-order chi connectivity index (χ0) is 62.1. The summed E-state index contributed by atoms with van der Waals surface area (Å²) in [6.45, 7) is -5.07. The lowest BCUT2D eigenvalue weighted by molar-refractivity contribution is -0.0645. The average molecular weight is 1310 g/mol. The molecule has 18 N–H and O–H groups in total. The van der Waals surface area contributed by atoms with Gasteiger partial charge in [-0.05, 0) is 0 Å². The predicted molar refractivity (Wildman–Crippen MR) is 281 cm³/mol. The van der Waals surface area contributed by atoms with Gasteiger partial charge in [0.1, 0.15) is 115 Å². The zero-order valence-electron chi connectivity index (χ0n) is 43.7. The topological polar surface area (TPSA) is 641 Å². The van der Waals surface area contributed by atoms with E-state index in [1.54, 1.807) is 0 Å². The number of hydrogen-bond acceptors (Lipinski definition) is 35. The molecule has 0 spiro atoms. The lowest BCUT2D eigenvalue weighted by Crippen LogP contribution is -2.38. The third-order valence-electron chi connectivity index (χ3n) is 13.6. The first-order valence-electron chi connectivity index (χ1n) is 24.9. The molecule has 0 radical (unpaired) electrons. The maximum absolute atomic E-state index is 14.2. The summed E-state index contributed by atoms with van der Waals surface area (Å²) in [4.78, 5) is 101. The molecule has 11 heterocycles. The van der Waals surface area contributed by atoms with Gasteiger partial charge in [-0.3, -0.25) is 45.4 Å². The third kappa shape index (κ3) is 12.9. The maximum Gasteiger partial charge on any atom is 0.472 e. The van der Waals surface area contributed by atoms with Crippen LogP contribution < -0.4 is 22.9 Å². The summed E-state index contributed by atoms with van der Waals surface area (Å²) in [6, 6.07) is 0. The minimum Gasteiger partial charge on any atom is -0.388 e. The zero-order valence-corrected chi connectivity index (χ0v) is 47.3. The smallest absolute Gasteiger partial charge is 0.388 e. The van der Waals surface area contributed by atoms with Crippen LogP contribution >= 0.6 is 31.3 Å². The summed E-state index contributed by atoms with van der Waals surface area (Å²) in [5.74, 6) is -0.355. The normalized spacial score (nSPS) is 28.2. The number of fused-ring (bicyclic) bond motifs is 4. The summed E-state index contributed by atoms with van der Waals surface area (Å²) < 4.78 is 112. The lowest BCUT2D eigenvalue weighted by atomic mass is 10.1. The van der Waals surface area contributed by atoms with Crippen LogP contribution in [0.2, 0.25) is 0 Å². The maximum atomic E-state index is 14.2. The van der Waals surface area contributed by atoms with Crippen molar-refractivity contribution in [3.8, 4) is 0 Å². The first-order chi connectivity index (χ1) is 41.2. The first kappa shape index (κ1) is 62.1. The average Bonchev–Trinajstić information content (AvgIpc) is 1.89. The number of hydrogen-bond donors (Lipinski definition) is 14. The number of rotatable bonds is 24. The van der Waals surface area contributed by atoms with Crippen LogP contribution in [0.15, 0.2) is 50.6 Å². The van der Waals surface area contributed by atoms with E-state index in [4.69, 9.17) is 64.3 Å². The van der Waals surface area contributed by atoms with Gasteiger partial charge in [-0.2, -0.15) is 0 Å². The molecule has 3 saturated heterocycles. The van der Waals surface area contributed by atoms with Crippen LogP contribution in [-0.4, -0.2) is 222 Å². The van der Waals surface area contributed by atoms with Crippen molar-refractivity contribution in [3.05, 3.63) is 50.6 Å². The summed E-state index contributed by atoms with van der Waals surface area (Å²) in [5, 5.41) is 56.7. The molecule has 3 aliphatic rings. The summed E-state index contributed by atoms with van der Waals surface area (Å²) in [6.07, 6.45) is -17.2. The van der Waals surface area contributed by atoms with Crippen molar-refractivity contribution >= 4 is 99.2 Å². The highest BCUT2D eigenvalue weighted by Crippen LogP contribution is 2.54. The Morgan fingerprint density at radius 2 is 0.851 bits per heavy atom. The van der Waals surface area contributed by atoms with E-state index in [2.05, 4.69) is 64.3 Å². The second-order valence-electron chi connectivity index (χ2n) is 19.2. The Hall–Kier alpha value is -6.48. The van der Waals surface area contributed by atoms with Crippen molar-refractivity contribution in [1.82, 2.24) is 78.1 Å². The quantitative estimate of drug-likeness (QED) is 0.0255. The highest BCUT2D eigenvalue weighted by Gasteiger charge is 2.54. The van der Waals surface area contributed by atoms with Crippen LogP contribution in [0.4, 0.5) is 23.3 Å². The fraction of sp³-hybridized carbons (Fsp3) is 0.487. The fourth-order valence-corrected chi connectivity index (χ4v) is 12.6. The van der Waals surface area contributed by atoms with E-state index in [1.807, 2.05) is 0 Å². The van der Waals surface area contributed by atoms with E-state index in [0.717, 1.165) is 53.4 Å². The Labute approximate surface area is 482 Å². The van der Waals surface area contributed by atoms with Crippen LogP contribution in [-0.2, 0) is 70.7 Å². The van der Waals surface area contributed by atoms with E-state index >= 15 is 0 Å². The fourth-order valence-electron chi connectivity index (χ4n) is 9.46. The number of phosphoric acid groups is 4. The second kappa shape index (κ2) is 24.1. The molecule has 8 aromatic heterocycles. The molecule has 8 aromatic rings. The lowest BCUT2D eigenvalue weighted by Gasteiger charge is -2.28. The molecule has 44 nitrogen and oxygen atoms in total. The number of phosphoric ester groups is 4. The van der Waals surface area contributed by atoms with Crippen LogP contribution in [0.1, 0.15) is 18.7 Å². The molecular formula is C39H50N20O24P4. The number of anilines is 4. The highest BCUT2D eigenvalue weighted by molar-refractivity contribution is 7.48. The van der Waals surface area contributed by atoms with Crippen molar-refractivity contribution in [2.75, 3.05) is 49.4 Å². The van der Waals surface area contributed by atoms with Crippen molar-refractivity contribution in [2.24, 2.45) is 0 Å². The molecule has 11 rings (SSSR count). The third-order valence-corrected chi connectivity index (χ3v) is 17.0. The van der Waals surface area contributed by atoms with Crippen LogP contribution in [0, 0.1) is 0 Å². The molecule has 0 saturated carbocycles. The van der Waals surface area contributed by atoms with Gasteiger partial charge in [-0.15, -0.1) is 0 Å². The van der Waals surface area contributed by atoms with Gasteiger partial charge in [-0.25, -0.2) is 78.1 Å².